The fourth-order valence-electron chi connectivity index (χ4n) is 1.44. The molecule has 2 nitrogen and oxygen atoms in total. The van der Waals surface area contributed by atoms with Crippen LogP contribution in [-0.4, -0.2) is 37.0 Å². The fraction of sp³-hybridized carbons (Fsp3) is 0.417. The van der Waals surface area contributed by atoms with Crippen LogP contribution in [0.1, 0.15) is 16.8 Å². The molecule has 1 aromatic carbocycles. The topological polar surface area (TPSA) is 20.3 Å². The molecule has 0 spiro atoms. The zero-order valence-corrected chi connectivity index (χ0v) is 11.6. The molecule has 0 unspecified atom stereocenters. The number of Topliss-reactive ketones (excluding diaryl/α,β-unsaturated/α-hetero) is 1. The van der Waals surface area contributed by atoms with Crippen molar-refractivity contribution in [1.29, 1.82) is 0 Å². The second kappa shape index (κ2) is 6.59. The molecule has 0 aliphatic heterocycles. The largest absolute Gasteiger partial charge is 0.390 e. The average Bonchev–Trinajstić information content (AvgIpc) is 2.28. The van der Waals surface area contributed by atoms with Crippen molar-refractivity contribution in [2.24, 2.45) is 0 Å². The summed E-state index contributed by atoms with van der Waals surface area (Å²) in [6.07, 6.45) is -5.19. The SMILES string of the molecule is CN(CCC(F)(F)F)CC(=O)c1cc(Cl)ccc1Cl. The Morgan fingerprint density at radius 2 is 1.95 bits per heavy atom. The molecule has 0 bridgehead atoms. The molecule has 0 aliphatic rings. The average molecular weight is 314 g/mol. The van der Waals surface area contributed by atoms with Gasteiger partial charge >= 0.3 is 6.18 Å². The number of benzene rings is 1. The fourth-order valence-corrected chi connectivity index (χ4v) is 1.83. The van der Waals surface area contributed by atoms with Gasteiger partial charge in [0.05, 0.1) is 18.0 Å². The zero-order chi connectivity index (χ0) is 14.6. The molecule has 0 aliphatic carbocycles. The lowest BCUT2D eigenvalue weighted by Gasteiger charge is -2.17. The smallest absolute Gasteiger partial charge is 0.299 e. The van der Waals surface area contributed by atoms with Crippen molar-refractivity contribution in [3.63, 3.8) is 0 Å². The summed E-state index contributed by atoms with van der Waals surface area (Å²) in [5.74, 6) is -0.364. The zero-order valence-electron chi connectivity index (χ0n) is 10.1. The van der Waals surface area contributed by atoms with Crippen LogP contribution in [0.4, 0.5) is 13.2 Å². The van der Waals surface area contributed by atoms with Gasteiger partial charge in [0.1, 0.15) is 0 Å². The molecular weight excluding hydrogens is 302 g/mol. The molecule has 7 heteroatoms. The number of hydrogen-bond donors (Lipinski definition) is 0. The predicted molar refractivity (Wildman–Crippen MR) is 69.0 cm³/mol. The van der Waals surface area contributed by atoms with E-state index in [0.717, 1.165) is 0 Å². The summed E-state index contributed by atoms with van der Waals surface area (Å²) in [4.78, 5) is 13.2. The molecule has 0 saturated heterocycles. The maximum Gasteiger partial charge on any atom is 0.390 e. The van der Waals surface area contributed by atoms with Crippen LogP contribution >= 0.6 is 23.2 Å². The molecule has 19 heavy (non-hydrogen) atoms. The van der Waals surface area contributed by atoms with Gasteiger partial charge in [0, 0.05) is 17.1 Å². The Balaban J connectivity index is 2.62. The summed E-state index contributed by atoms with van der Waals surface area (Å²) < 4.78 is 36.1. The first-order chi connectivity index (χ1) is 8.69. The highest BCUT2D eigenvalue weighted by molar-refractivity contribution is 6.36. The predicted octanol–water partition coefficient (Wildman–Crippen LogP) is 4.06. The molecule has 0 N–H and O–H groups in total. The molecule has 1 aromatic rings. The number of nitrogens with zero attached hydrogens (tertiary/aromatic N) is 1. The first-order valence-electron chi connectivity index (χ1n) is 5.42. The highest BCUT2D eigenvalue weighted by atomic mass is 35.5. The Labute approximate surface area is 119 Å². The minimum absolute atomic E-state index is 0.143. The minimum Gasteiger partial charge on any atom is -0.299 e. The minimum atomic E-state index is -4.23. The standard InChI is InChI=1S/C12H12Cl2F3NO/c1-18(5-4-12(15,16)17)7-11(19)9-6-8(13)2-3-10(9)14/h2-3,6H,4-5,7H2,1H3. The van der Waals surface area contributed by atoms with Crippen LogP contribution in [0.25, 0.3) is 0 Å². The van der Waals surface area contributed by atoms with Gasteiger partial charge in [0.2, 0.25) is 0 Å². The highest BCUT2D eigenvalue weighted by Crippen LogP contribution is 2.22. The molecular formula is C12H12Cl2F3NO. The Kier molecular flexibility index (Phi) is 5.64. The molecule has 0 heterocycles. The third-order valence-electron chi connectivity index (χ3n) is 2.42. The van der Waals surface area contributed by atoms with E-state index in [1.807, 2.05) is 0 Å². The van der Waals surface area contributed by atoms with Gasteiger partial charge in [-0.3, -0.25) is 9.69 Å². The number of rotatable bonds is 5. The van der Waals surface area contributed by atoms with Crippen molar-refractivity contribution < 1.29 is 18.0 Å². The third-order valence-corrected chi connectivity index (χ3v) is 2.98. The molecule has 0 radical (unpaired) electrons. The van der Waals surface area contributed by atoms with Crippen molar-refractivity contribution >= 4 is 29.0 Å². The van der Waals surface area contributed by atoms with Crippen LogP contribution in [0, 0.1) is 0 Å². The van der Waals surface area contributed by atoms with Crippen molar-refractivity contribution in [3.8, 4) is 0 Å². The van der Waals surface area contributed by atoms with Crippen LogP contribution in [-0.2, 0) is 0 Å². The van der Waals surface area contributed by atoms with Crippen molar-refractivity contribution in [2.45, 2.75) is 12.6 Å². The molecule has 0 saturated carbocycles. The number of ketones is 1. The first kappa shape index (κ1) is 16.3. The number of alkyl halides is 3. The van der Waals surface area contributed by atoms with Gasteiger partial charge < -0.3 is 0 Å². The van der Waals surface area contributed by atoms with Crippen LogP contribution in [0.5, 0.6) is 0 Å². The van der Waals surface area contributed by atoms with E-state index in [9.17, 15) is 18.0 Å². The van der Waals surface area contributed by atoms with Crippen molar-refractivity contribution in [2.75, 3.05) is 20.1 Å². The molecule has 0 aromatic heterocycles. The summed E-state index contributed by atoms with van der Waals surface area (Å²) in [7, 11) is 1.45. The lowest BCUT2D eigenvalue weighted by molar-refractivity contribution is -0.137. The van der Waals surface area contributed by atoms with E-state index >= 15 is 0 Å². The van der Waals surface area contributed by atoms with Crippen molar-refractivity contribution in [3.05, 3.63) is 33.8 Å². The molecule has 0 atom stereocenters. The summed E-state index contributed by atoms with van der Waals surface area (Å²) in [5, 5.41) is 0.587. The summed E-state index contributed by atoms with van der Waals surface area (Å²) >= 11 is 11.6. The van der Waals surface area contributed by atoms with Gasteiger partial charge in [0.25, 0.3) is 0 Å². The van der Waals surface area contributed by atoms with Gasteiger partial charge in [-0.15, -0.1) is 0 Å². The molecule has 106 valence electrons. The van der Waals surface area contributed by atoms with E-state index in [1.54, 1.807) is 0 Å². The monoisotopic (exact) mass is 313 g/mol. The van der Waals surface area contributed by atoms with E-state index in [1.165, 1.54) is 30.1 Å². The van der Waals surface area contributed by atoms with Crippen LogP contribution in [0.15, 0.2) is 18.2 Å². The maximum absolute atomic E-state index is 12.0. The summed E-state index contributed by atoms with van der Waals surface area (Å²) in [6.45, 7) is -0.385. The Bertz CT molecular complexity index is 463. The first-order valence-corrected chi connectivity index (χ1v) is 6.18. The number of halogens is 5. The molecule has 1 rings (SSSR count). The number of carbonyl (C=O) groups is 1. The van der Waals surface area contributed by atoms with E-state index in [2.05, 4.69) is 0 Å². The number of carbonyl (C=O) groups excluding carboxylic acids is 1. The van der Waals surface area contributed by atoms with E-state index in [0.29, 0.717) is 5.02 Å². The summed E-state index contributed by atoms with van der Waals surface area (Å²) in [6, 6.07) is 4.42. The van der Waals surface area contributed by atoms with Crippen molar-refractivity contribution in [1.82, 2.24) is 4.90 Å². The number of likely N-dealkylation sites (N-methyl/N-ethyl adjacent to an activating group) is 1. The second-order valence-electron chi connectivity index (χ2n) is 4.15. The Morgan fingerprint density at radius 3 is 2.53 bits per heavy atom. The Morgan fingerprint density at radius 1 is 1.32 bits per heavy atom. The van der Waals surface area contributed by atoms with Crippen LogP contribution in [0.3, 0.4) is 0 Å². The third kappa shape index (κ3) is 5.80. The molecule has 0 fully saturated rings. The highest BCUT2D eigenvalue weighted by Gasteiger charge is 2.27. The van der Waals surface area contributed by atoms with Gasteiger partial charge in [-0.2, -0.15) is 13.2 Å². The van der Waals surface area contributed by atoms with E-state index in [-0.39, 0.29) is 29.5 Å². The van der Waals surface area contributed by atoms with E-state index < -0.39 is 12.6 Å². The van der Waals surface area contributed by atoms with Gasteiger partial charge in [-0.05, 0) is 25.2 Å². The van der Waals surface area contributed by atoms with E-state index in [4.69, 9.17) is 23.2 Å². The lowest BCUT2D eigenvalue weighted by Crippen LogP contribution is -2.29. The molecule has 0 amide bonds. The second-order valence-corrected chi connectivity index (χ2v) is 4.99. The maximum atomic E-state index is 12.0. The van der Waals surface area contributed by atoms with Gasteiger partial charge in [-0.1, -0.05) is 23.2 Å². The normalized spacial score (nSPS) is 11.9. The van der Waals surface area contributed by atoms with Gasteiger partial charge in [-0.25, -0.2) is 0 Å². The quantitative estimate of drug-likeness (QED) is 0.764. The number of hydrogen-bond acceptors (Lipinski definition) is 2. The van der Waals surface area contributed by atoms with Crippen LogP contribution in [0.2, 0.25) is 10.0 Å². The lowest BCUT2D eigenvalue weighted by atomic mass is 10.1. The summed E-state index contributed by atoms with van der Waals surface area (Å²) in [5.41, 5.74) is 0.216. The Hall–Kier alpha value is -0.780. The van der Waals surface area contributed by atoms with Gasteiger partial charge in [0.15, 0.2) is 5.78 Å². The van der Waals surface area contributed by atoms with Crippen LogP contribution < -0.4 is 0 Å².